The monoisotopic (exact) mass is 388 g/mol. The van der Waals surface area contributed by atoms with E-state index >= 15 is 0 Å². The number of hydrogen-bond donors (Lipinski definition) is 1. The third kappa shape index (κ3) is 4.50. The summed E-state index contributed by atoms with van der Waals surface area (Å²) in [5.74, 6) is 1.16. The predicted molar refractivity (Wildman–Crippen MR) is 117 cm³/mol. The summed E-state index contributed by atoms with van der Waals surface area (Å²) in [7, 11) is 0. The van der Waals surface area contributed by atoms with E-state index in [4.69, 9.17) is 0 Å². The number of aryl methyl sites for hydroxylation is 2. The van der Waals surface area contributed by atoms with E-state index in [-0.39, 0.29) is 5.91 Å². The lowest BCUT2D eigenvalue weighted by molar-refractivity contribution is -0.130. The molecule has 0 radical (unpaired) electrons. The lowest BCUT2D eigenvalue weighted by atomic mass is 10.0. The van der Waals surface area contributed by atoms with Gasteiger partial charge in [0.2, 0.25) is 5.91 Å². The molecule has 1 aliphatic heterocycles. The summed E-state index contributed by atoms with van der Waals surface area (Å²) in [6.07, 6.45) is 1.42. The zero-order valence-electron chi connectivity index (χ0n) is 17.2. The molecule has 1 fully saturated rings. The molecule has 29 heavy (non-hydrogen) atoms. The number of aromatic amines is 1. The van der Waals surface area contributed by atoms with E-state index < -0.39 is 0 Å². The van der Waals surface area contributed by atoms with Crippen molar-refractivity contribution in [2.45, 2.75) is 26.7 Å². The first-order valence-corrected chi connectivity index (χ1v) is 10.3. The van der Waals surface area contributed by atoms with Crippen molar-refractivity contribution in [1.82, 2.24) is 15.1 Å². The molecule has 0 saturated carbocycles. The molecule has 0 unspecified atom stereocenters. The van der Waals surface area contributed by atoms with E-state index in [0.717, 1.165) is 55.2 Å². The van der Waals surface area contributed by atoms with E-state index in [0.29, 0.717) is 6.42 Å². The topological polar surface area (TPSA) is 52.2 Å². The molecule has 2 aromatic carbocycles. The average molecular weight is 389 g/mol. The van der Waals surface area contributed by atoms with Crippen molar-refractivity contribution in [3.05, 3.63) is 71.3 Å². The predicted octanol–water partition coefficient (Wildman–Crippen LogP) is 3.97. The van der Waals surface area contributed by atoms with Crippen LogP contribution in [0.2, 0.25) is 0 Å². The number of amides is 1. The van der Waals surface area contributed by atoms with E-state index in [9.17, 15) is 4.79 Å². The number of aromatic nitrogens is 2. The van der Waals surface area contributed by atoms with Crippen LogP contribution in [0.3, 0.4) is 0 Å². The Balaban J connectivity index is 1.40. The van der Waals surface area contributed by atoms with Crippen LogP contribution in [0.1, 0.15) is 23.1 Å². The maximum Gasteiger partial charge on any atom is 0.227 e. The van der Waals surface area contributed by atoms with Gasteiger partial charge in [-0.3, -0.25) is 9.89 Å². The Morgan fingerprint density at radius 1 is 0.966 bits per heavy atom. The smallest absolute Gasteiger partial charge is 0.227 e. The van der Waals surface area contributed by atoms with Crippen molar-refractivity contribution >= 4 is 11.7 Å². The normalized spacial score (nSPS) is 14.7. The zero-order valence-corrected chi connectivity index (χ0v) is 17.2. The summed E-state index contributed by atoms with van der Waals surface area (Å²) in [6, 6.07) is 18.6. The number of nitrogens with one attached hydrogen (secondary N) is 1. The molecule has 0 aliphatic carbocycles. The van der Waals surface area contributed by atoms with Gasteiger partial charge in [0.05, 0.1) is 12.1 Å². The number of nitrogens with zero attached hydrogens (tertiary/aromatic N) is 3. The van der Waals surface area contributed by atoms with Crippen molar-refractivity contribution in [2.24, 2.45) is 0 Å². The van der Waals surface area contributed by atoms with Crippen LogP contribution in [0.25, 0.3) is 11.3 Å². The molecule has 1 N–H and O–H groups in total. The second-order valence-electron chi connectivity index (χ2n) is 7.82. The highest BCUT2D eigenvalue weighted by atomic mass is 16.2. The first kappa shape index (κ1) is 19.2. The molecule has 0 spiro atoms. The molecule has 4 rings (SSSR count). The molecule has 3 aromatic rings. The Morgan fingerprint density at radius 3 is 2.59 bits per heavy atom. The van der Waals surface area contributed by atoms with E-state index in [2.05, 4.69) is 53.2 Å². The fourth-order valence-electron chi connectivity index (χ4n) is 3.81. The van der Waals surface area contributed by atoms with Crippen molar-refractivity contribution in [3.63, 3.8) is 0 Å². The largest absolute Gasteiger partial charge is 0.353 e. The van der Waals surface area contributed by atoms with Crippen LogP contribution < -0.4 is 4.90 Å². The van der Waals surface area contributed by atoms with Gasteiger partial charge >= 0.3 is 0 Å². The number of H-pyrrole nitrogens is 1. The molecule has 1 aromatic heterocycles. The first-order chi connectivity index (χ1) is 14.1. The third-order valence-corrected chi connectivity index (χ3v) is 5.75. The van der Waals surface area contributed by atoms with Gasteiger partial charge in [-0.1, -0.05) is 42.5 Å². The SMILES string of the molecule is Cc1ccc(-c2cc(N3CCCN(C(=O)Cc4ccccc4)CC3)n[nH]2)cc1C. The van der Waals surface area contributed by atoms with Crippen LogP contribution >= 0.6 is 0 Å². The fourth-order valence-corrected chi connectivity index (χ4v) is 3.81. The van der Waals surface area contributed by atoms with Gasteiger partial charge in [0.15, 0.2) is 5.82 Å². The second-order valence-corrected chi connectivity index (χ2v) is 7.82. The summed E-state index contributed by atoms with van der Waals surface area (Å²) in [5, 5.41) is 7.73. The molecular formula is C24H28N4O. The molecule has 1 amide bonds. The standard InChI is InChI=1S/C24H28N4O/c1-18-9-10-21(15-19(18)2)22-17-23(26-25-22)27-11-6-12-28(14-13-27)24(29)16-20-7-4-3-5-8-20/h3-5,7-10,15,17H,6,11-14,16H2,1-2H3,(H,25,26). The summed E-state index contributed by atoms with van der Waals surface area (Å²) >= 11 is 0. The van der Waals surface area contributed by atoms with Crippen LogP contribution in [-0.2, 0) is 11.2 Å². The molecule has 0 atom stereocenters. The maximum absolute atomic E-state index is 12.7. The molecule has 0 bridgehead atoms. The maximum atomic E-state index is 12.7. The molecule has 150 valence electrons. The summed E-state index contributed by atoms with van der Waals surface area (Å²) in [4.78, 5) is 17.0. The van der Waals surface area contributed by atoms with Crippen molar-refractivity contribution in [3.8, 4) is 11.3 Å². The minimum Gasteiger partial charge on any atom is -0.353 e. The van der Waals surface area contributed by atoms with Gasteiger partial charge < -0.3 is 9.80 Å². The third-order valence-electron chi connectivity index (χ3n) is 5.75. The van der Waals surface area contributed by atoms with Gasteiger partial charge in [0, 0.05) is 32.2 Å². The number of rotatable bonds is 4. The molecule has 2 heterocycles. The van der Waals surface area contributed by atoms with Crippen molar-refractivity contribution < 1.29 is 4.79 Å². The van der Waals surface area contributed by atoms with Crippen LogP contribution in [0.5, 0.6) is 0 Å². The van der Waals surface area contributed by atoms with E-state index in [1.165, 1.54) is 11.1 Å². The van der Waals surface area contributed by atoms with E-state index in [1.807, 2.05) is 35.2 Å². The van der Waals surface area contributed by atoms with Crippen LogP contribution in [-0.4, -0.2) is 47.2 Å². The quantitative estimate of drug-likeness (QED) is 0.736. The fraction of sp³-hybridized carbons (Fsp3) is 0.333. The average Bonchev–Trinajstić information content (AvgIpc) is 3.08. The number of carbonyl (C=O) groups excluding carboxylic acids is 1. The van der Waals surface area contributed by atoms with Crippen molar-refractivity contribution in [1.29, 1.82) is 0 Å². The second kappa shape index (κ2) is 8.52. The van der Waals surface area contributed by atoms with Gasteiger partial charge in [-0.25, -0.2) is 0 Å². The minimum absolute atomic E-state index is 0.205. The Labute approximate surface area is 172 Å². The van der Waals surface area contributed by atoms with Gasteiger partial charge in [-0.15, -0.1) is 0 Å². The lowest BCUT2D eigenvalue weighted by Crippen LogP contribution is -2.36. The highest BCUT2D eigenvalue weighted by Crippen LogP contribution is 2.24. The minimum atomic E-state index is 0.205. The Bertz CT molecular complexity index is 980. The van der Waals surface area contributed by atoms with Crippen LogP contribution in [0.15, 0.2) is 54.6 Å². The highest BCUT2D eigenvalue weighted by Gasteiger charge is 2.21. The number of carbonyl (C=O) groups is 1. The van der Waals surface area contributed by atoms with Gasteiger partial charge in [0.25, 0.3) is 0 Å². The Kier molecular flexibility index (Phi) is 5.65. The molecule has 1 aliphatic rings. The van der Waals surface area contributed by atoms with Gasteiger partial charge in [0.1, 0.15) is 0 Å². The molecule has 5 nitrogen and oxygen atoms in total. The van der Waals surface area contributed by atoms with Crippen molar-refractivity contribution in [2.75, 3.05) is 31.1 Å². The lowest BCUT2D eigenvalue weighted by Gasteiger charge is -2.22. The van der Waals surface area contributed by atoms with E-state index in [1.54, 1.807) is 0 Å². The van der Waals surface area contributed by atoms with Crippen LogP contribution in [0, 0.1) is 13.8 Å². The Morgan fingerprint density at radius 2 is 1.79 bits per heavy atom. The molecule has 5 heteroatoms. The van der Waals surface area contributed by atoms with Crippen LogP contribution in [0.4, 0.5) is 5.82 Å². The van der Waals surface area contributed by atoms with Gasteiger partial charge in [-0.2, -0.15) is 5.10 Å². The highest BCUT2D eigenvalue weighted by molar-refractivity contribution is 5.79. The number of benzene rings is 2. The zero-order chi connectivity index (χ0) is 20.2. The number of hydrogen-bond acceptors (Lipinski definition) is 3. The molecule has 1 saturated heterocycles. The summed E-state index contributed by atoms with van der Waals surface area (Å²) in [5.41, 5.74) is 5.83. The summed E-state index contributed by atoms with van der Waals surface area (Å²) < 4.78 is 0. The summed E-state index contributed by atoms with van der Waals surface area (Å²) in [6.45, 7) is 7.50. The number of anilines is 1. The van der Waals surface area contributed by atoms with Gasteiger partial charge in [-0.05, 0) is 48.6 Å². The first-order valence-electron chi connectivity index (χ1n) is 10.3. The Hall–Kier alpha value is -3.08. The molecular weight excluding hydrogens is 360 g/mol.